The third-order valence-electron chi connectivity index (χ3n) is 13.1. The Labute approximate surface area is 407 Å². The molecule has 0 aliphatic rings. The van der Waals surface area contributed by atoms with Crippen LogP contribution in [0.4, 0.5) is 0 Å². The van der Waals surface area contributed by atoms with Crippen LogP contribution in [0.1, 0.15) is 0 Å². The van der Waals surface area contributed by atoms with Gasteiger partial charge in [0.1, 0.15) is 160 Å². The van der Waals surface area contributed by atoms with Crippen molar-refractivity contribution in [3.63, 3.8) is 0 Å². The highest BCUT2D eigenvalue weighted by Crippen LogP contribution is 2.41. The fourth-order valence-corrected chi connectivity index (χ4v) is 9.65. The maximum Gasteiger partial charge on any atom is 0.136 e. The highest BCUT2D eigenvalue weighted by Gasteiger charge is 2.30. The monoisotopic (exact) mass is 786 g/mol. The summed E-state index contributed by atoms with van der Waals surface area (Å²) in [4.78, 5) is 0. The average molecular weight is 783 g/mol. The minimum absolute atomic E-state index is 0.0416. The SMILES string of the molecule is [B]c1c([B])c(-c2c3c([B])c([B])c([B])c([B])c3c(-c3c([B])c([B])c([B])c4c([B])c([B])c([B])c([B])c34)c3c([B])c([B])c([B])c([B])c23)c([B])c([B])c1-c1ccc2oc3cc4ccccc4cc3c2c1. The van der Waals surface area contributed by atoms with E-state index >= 15 is 0 Å². The Morgan fingerprint density at radius 1 is 0.242 bits per heavy atom. The van der Waals surface area contributed by atoms with Crippen LogP contribution in [0, 0.1) is 0 Å². The first kappa shape index (κ1) is 44.9. The zero-order chi connectivity index (χ0) is 47.4. The van der Waals surface area contributed by atoms with Crippen LogP contribution in [0.3, 0.4) is 0 Å². The van der Waals surface area contributed by atoms with Gasteiger partial charge < -0.3 is 4.42 Å². The van der Waals surface area contributed by atoms with E-state index in [0.717, 1.165) is 21.5 Å². The summed E-state index contributed by atoms with van der Waals surface area (Å²) in [6.45, 7) is 0. The predicted molar refractivity (Wildman–Crippen MR) is 302 cm³/mol. The first-order valence-electron chi connectivity index (χ1n) is 20.1. The fourth-order valence-electron chi connectivity index (χ4n) is 9.65. The van der Waals surface area contributed by atoms with Crippen LogP contribution < -0.4 is 104 Å². The molecule has 1 nitrogen and oxygen atoms in total. The third kappa shape index (κ3) is 5.94. The van der Waals surface area contributed by atoms with E-state index in [9.17, 15) is 0 Å². The summed E-state index contributed by atoms with van der Waals surface area (Å²) in [5, 5.41) is 4.34. The van der Waals surface area contributed by atoms with Crippen molar-refractivity contribution in [1.82, 2.24) is 0 Å². The lowest BCUT2D eigenvalue weighted by atomic mass is 9.55. The summed E-state index contributed by atoms with van der Waals surface area (Å²) in [7, 11) is 130. The summed E-state index contributed by atoms with van der Waals surface area (Å²) in [5.41, 5.74) is 1.24. The number of furan rings is 1. The van der Waals surface area contributed by atoms with Crippen molar-refractivity contribution in [3.05, 3.63) is 54.6 Å². The number of rotatable bonds is 3. The molecule has 0 bridgehead atoms. The molecule has 1 heterocycles. The number of hydrogen-bond donors (Lipinski definition) is 0. The van der Waals surface area contributed by atoms with Crippen molar-refractivity contribution in [2.45, 2.75) is 0 Å². The van der Waals surface area contributed by atoms with Crippen LogP contribution in [0.2, 0.25) is 0 Å². The molecule has 38 radical (unpaired) electrons. The lowest BCUT2D eigenvalue weighted by molar-refractivity contribution is 0.669. The Morgan fingerprint density at radius 2 is 0.576 bits per heavy atom. The molecule has 0 atom stereocenters. The molecular weight excluding hydrogens is 774 g/mol. The summed E-state index contributed by atoms with van der Waals surface area (Å²) in [6, 6.07) is 17.6. The van der Waals surface area contributed by atoms with Gasteiger partial charge in [-0.25, -0.2) is 0 Å². The summed E-state index contributed by atoms with van der Waals surface area (Å²) < 4.78 is 6.26. The van der Waals surface area contributed by atoms with Gasteiger partial charge in [0, 0.05) is 10.8 Å². The quantitative estimate of drug-likeness (QED) is 0.129. The van der Waals surface area contributed by atoms with E-state index in [-0.39, 0.29) is 158 Å². The molecule has 0 spiro atoms. The largest absolute Gasteiger partial charge is 0.456 e. The Hall–Kier alpha value is -4.95. The second-order valence-electron chi connectivity index (χ2n) is 16.5. The highest BCUT2D eigenvalue weighted by molar-refractivity contribution is 6.75. The topological polar surface area (TPSA) is 13.1 Å². The standard InChI is InChI=1S/C46H9B19O/c47-28-17(12-5-6-15-13(8-12)14-7-10-3-1-2-4-11(10)9-16(14)66-15)29(48)37(56)26(36(28)55)19-23-20(31(50)41(60)43(62)33(23)52)18(21-24(19)34(53)44(63)42(61)32(21)51)22-25-27(38(57)40(59)30(22)49)39(58)46(65)45(64)35(25)54/h1-9H. The zero-order valence-corrected chi connectivity index (χ0v) is 35.1. The van der Waals surface area contributed by atoms with Gasteiger partial charge in [0.05, 0.1) is 0 Å². The minimum Gasteiger partial charge on any atom is -0.456 e. The maximum atomic E-state index is 7.17. The van der Waals surface area contributed by atoms with Crippen molar-refractivity contribution >= 4 is 318 Å². The van der Waals surface area contributed by atoms with Crippen LogP contribution in [-0.4, -0.2) is 149 Å². The van der Waals surface area contributed by atoms with Crippen molar-refractivity contribution in [2.75, 3.05) is 0 Å². The molecule has 256 valence electrons. The molecule has 0 aliphatic heterocycles. The van der Waals surface area contributed by atoms with Gasteiger partial charge in [-0.2, -0.15) is 0 Å². The number of benzene rings is 9. The van der Waals surface area contributed by atoms with E-state index in [1.54, 1.807) is 6.07 Å². The molecule has 0 unspecified atom stereocenters. The molecule has 1 aromatic heterocycles. The smallest absolute Gasteiger partial charge is 0.136 e. The van der Waals surface area contributed by atoms with Gasteiger partial charge in [0.25, 0.3) is 0 Å². The lowest BCUT2D eigenvalue weighted by Gasteiger charge is -2.33. The van der Waals surface area contributed by atoms with Crippen LogP contribution >= 0.6 is 0 Å². The van der Waals surface area contributed by atoms with Crippen molar-refractivity contribution in [3.8, 4) is 33.4 Å². The molecule has 9 aromatic carbocycles. The van der Waals surface area contributed by atoms with Crippen LogP contribution in [0.15, 0.2) is 59.0 Å². The molecule has 10 aromatic rings. The van der Waals surface area contributed by atoms with Crippen LogP contribution in [-0.2, 0) is 0 Å². The van der Waals surface area contributed by atoms with E-state index < -0.39 is 0 Å². The first-order valence-corrected chi connectivity index (χ1v) is 20.1. The van der Waals surface area contributed by atoms with E-state index in [2.05, 4.69) is 6.07 Å². The minimum atomic E-state index is -0.116. The van der Waals surface area contributed by atoms with Gasteiger partial charge >= 0.3 is 0 Å². The number of hydrogen-bond acceptors (Lipinski definition) is 1. The number of fused-ring (bicyclic) bond motifs is 7. The van der Waals surface area contributed by atoms with Gasteiger partial charge in [-0.05, 0) is 101 Å². The molecule has 0 saturated heterocycles. The second kappa shape index (κ2) is 15.5. The molecule has 0 N–H and O–H groups in total. The lowest BCUT2D eigenvalue weighted by Crippen LogP contribution is -2.53. The normalized spacial score (nSPS) is 11.9. The molecule has 10 rings (SSSR count). The average Bonchev–Trinajstić information content (AvgIpc) is 3.66. The summed E-state index contributed by atoms with van der Waals surface area (Å²) >= 11 is 0. The Morgan fingerprint density at radius 3 is 1.03 bits per heavy atom. The molecular formula is C46H9B19O. The summed E-state index contributed by atoms with van der Waals surface area (Å²) in [6.07, 6.45) is 0. The first-order chi connectivity index (χ1) is 31.2. The van der Waals surface area contributed by atoms with E-state index in [0.29, 0.717) is 22.3 Å². The predicted octanol–water partition coefficient (Wildman–Crippen LogP) is -9.72. The van der Waals surface area contributed by atoms with Crippen molar-refractivity contribution in [2.24, 2.45) is 0 Å². The van der Waals surface area contributed by atoms with E-state index in [4.69, 9.17) is 153 Å². The Kier molecular flexibility index (Phi) is 10.6. The maximum absolute atomic E-state index is 7.17. The molecule has 0 fully saturated rings. The molecule has 0 aliphatic carbocycles. The zero-order valence-electron chi connectivity index (χ0n) is 35.1. The van der Waals surface area contributed by atoms with Crippen molar-refractivity contribution < 1.29 is 4.42 Å². The van der Waals surface area contributed by atoms with Crippen molar-refractivity contribution in [1.29, 1.82) is 0 Å². The van der Waals surface area contributed by atoms with Gasteiger partial charge in [0.15, 0.2) is 0 Å². The molecule has 66 heavy (non-hydrogen) atoms. The molecule has 20 heteroatoms. The van der Waals surface area contributed by atoms with Gasteiger partial charge in [-0.15, -0.1) is 38.2 Å². The van der Waals surface area contributed by atoms with E-state index in [1.165, 1.54) is 0 Å². The summed E-state index contributed by atoms with van der Waals surface area (Å²) in [5.74, 6) is 0. The van der Waals surface area contributed by atoms with Gasteiger partial charge in [0.2, 0.25) is 0 Å². The third-order valence-corrected chi connectivity index (χ3v) is 13.1. The molecule has 0 saturated carbocycles. The van der Waals surface area contributed by atoms with Gasteiger partial charge in [-0.1, -0.05) is 95.9 Å². The van der Waals surface area contributed by atoms with E-state index in [1.807, 2.05) is 42.5 Å². The Bertz CT molecular complexity index is 3810. The van der Waals surface area contributed by atoms with Crippen LogP contribution in [0.5, 0.6) is 0 Å². The second-order valence-corrected chi connectivity index (χ2v) is 16.5. The molecule has 0 amide bonds. The fraction of sp³-hybridized carbons (Fsp3) is 0. The van der Waals surface area contributed by atoms with Gasteiger partial charge in [-0.3, -0.25) is 0 Å². The van der Waals surface area contributed by atoms with Crippen LogP contribution in [0.25, 0.3) is 98.4 Å². The Balaban J connectivity index is 1.40. The highest BCUT2D eigenvalue weighted by atomic mass is 16.3.